The summed E-state index contributed by atoms with van der Waals surface area (Å²) < 4.78 is 11.2. The van der Waals surface area contributed by atoms with Gasteiger partial charge in [0.2, 0.25) is 0 Å². The Bertz CT molecular complexity index is 1390. The largest absolute Gasteiger partial charge is 0.507 e. The number of carbonyl (C=O) groups is 2. The van der Waals surface area contributed by atoms with Crippen molar-refractivity contribution < 1.29 is 24.2 Å². The maximum Gasteiger partial charge on any atom is 0.300 e. The zero-order chi connectivity index (χ0) is 27.6. The van der Waals surface area contributed by atoms with Gasteiger partial charge in [-0.05, 0) is 60.7 Å². The molecule has 0 saturated carbocycles. The topological polar surface area (TPSA) is 76.1 Å². The molecular weight excluding hydrogens is 502 g/mol. The van der Waals surface area contributed by atoms with Gasteiger partial charge >= 0.3 is 0 Å². The molecule has 0 aromatic heterocycles. The van der Waals surface area contributed by atoms with Gasteiger partial charge in [0.05, 0.1) is 29.9 Å². The first-order valence-electron chi connectivity index (χ1n) is 12.6. The first-order chi connectivity index (χ1) is 18.1. The van der Waals surface area contributed by atoms with Crippen molar-refractivity contribution in [3.8, 4) is 11.5 Å². The number of nitrogens with zero attached hydrogens (tertiary/aromatic N) is 1. The Labute approximate surface area is 228 Å². The Morgan fingerprint density at radius 2 is 1.63 bits per heavy atom. The number of anilines is 1. The number of ether oxygens (including phenoxy) is 2. The number of aliphatic hydroxyl groups is 1. The van der Waals surface area contributed by atoms with Gasteiger partial charge in [0, 0.05) is 17.3 Å². The maximum absolute atomic E-state index is 13.5. The molecule has 198 valence electrons. The number of halogens is 1. The van der Waals surface area contributed by atoms with Gasteiger partial charge in [0.25, 0.3) is 11.7 Å². The highest BCUT2D eigenvalue weighted by Gasteiger charge is 2.47. The number of carbonyl (C=O) groups excluding carboxylic acids is 2. The molecule has 0 bridgehead atoms. The monoisotopic (exact) mass is 533 g/mol. The molecule has 3 aromatic rings. The quantitative estimate of drug-likeness (QED) is 0.200. The lowest BCUT2D eigenvalue weighted by atomic mass is 9.85. The normalized spacial score (nSPS) is 17.1. The van der Waals surface area contributed by atoms with Gasteiger partial charge in [0.15, 0.2) is 0 Å². The van der Waals surface area contributed by atoms with E-state index in [0.717, 1.165) is 5.56 Å². The molecule has 1 unspecified atom stereocenters. The Kier molecular flexibility index (Phi) is 7.83. The van der Waals surface area contributed by atoms with Gasteiger partial charge in [-0.3, -0.25) is 14.5 Å². The summed E-state index contributed by atoms with van der Waals surface area (Å²) in [4.78, 5) is 28.4. The summed E-state index contributed by atoms with van der Waals surface area (Å²) in [6, 6.07) is 18.7. The number of benzene rings is 3. The molecule has 1 aliphatic heterocycles. The molecule has 0 spiro atoms. The number of rotatable bonds is 7. The van der Waals surface area contributed by atoms with E-state index < -0.39 is 17.7 Å². The molecule has 1 aliphatic rings. The van der Waals surface area contributed by atoms with Crippen molar-refractivity contribution in [3.05, 3.63) is 94.0 Å². The van der Waals surface area contributed by atoms with Gasteiger partial charge in [-0.15, -0.1) is 0 Å². The molecule has 1 amide bonds. The van der Waals surface area contributed by atoms with Crippen molar-refractivity contribution in [2.75, 3.05) is 18.1 Å². The van der Waals surface area contributed by atoms with Crippen LogP contribution in [0.15, 0.2) is 72.3 Å². The Morgan fingerprint density at radius 3 is 2.26 bits per heavy atom. The zero-order valence-corrected chi connectivity index (χ0v) is 23.0. The third kappa shape index (κ3) is 5.27. The molecule has 7 heteroatoms. The van der Waals surface area contributed by atoms with Gasteiger partial charge in [-0.2, -0.15) is 0 Å². The average molecular weight is 534 g/mol. The third-order valence-electron chi connectivity index (χ3n) is 6.45. The molecule has 3 aromatic carbocycles. The maximum atomic E-state index is 13.5. The molecule has 1 fully saturated rings. The lowest BCUT2D eigenvalue weighted by Crippen LogP contribution is -2.29. The van der Waals surface area contributed by atoms with Crippen LogP contribution >= 0.6 is 11.6 Å². The second-order valence-electron chi connectivity index (χ2n) is 10.0. The Morgan fingerprint density at radius 1 is 0.947 bits per heavy atom. The van der Waals surface area contributed by atoms with Gasteiger partial charge in [-0.25, -0.2) is 0 Å². The number of hydrogen-bond donors (Lipinski definition) is 1. The van der Waals surface area contributed by atoms with E-state index in [1.54, 1.807) is 42.5 Å². The highest BCUT2D eigenvalue weighted by atomic mass is 35.5. The molecule has 1 atom stereocenters. The first-order valence-corrected chi connectivity index (χ1v) is 13.0. The SMILES string of the molecule is CCOc1cccc(N2C(=O)C(=O)/C(=C(/O)c3ccc(Cl)c(OCC)c3)C2c2ccc(C(C)(C)C)cc2)c1. The Hall–Kier alpha value is -3.77. The van der Waals surface area contributed by atoms with Gasteiger partial charge in [0.1, 0.15) is 17.3 Å². The van der Waals surface area contributed by atoms with Crippen LogP contribution in [0.4, 0.5) is 5.69 Å². The molecule has 4 rings (SSSR count). The van der Waals surface area contributed by atoms with Crippen LogP contribution in [0.1, 0.15) is 57.4 Å². The molecule has 6 nitrogen and oxygen atoms in total. The predicted octanol–water partition coefficient (Wildman–Crippen LogP) is 7.06. The molecule has 0 aliphatic carbocycles. The second-order valence-corrected chi connectivity index (χ2v) is 10.5. The standard InChI is InChI=1S/C31H32ClNO5/c1-6-37-23-10-8-9-22(18-23)33-27(19-11-14-21(15-12-19)31(3,4)5)26(29(35)30(33)36)28(34)20-13-16-24(32)25(17-20)38-7-2/h8-18,27,34H,6-7H2,1-5H3/b28-26+. The molecular formula is C31H32ClNO5. The van der Waals surface area contributed by atoms with Crippen LogP contribution in [0, 0.1) is 0 Å². The second kappa shape index (κ2) is 10.9. The van der Waals surface area contributed by atoms with E-state index in [0.29, 0.717) is 46.5 Å². The highest BCUT2D eigenvalue weighted by molar-refractivity contribution is 6.51. The zero-order valence-electron chi connectivity index (χ0n) is 22.2. The molecule has 0 radical (unpaired) electrons. The molecule has 38 heavy (non-hydrogen) atoms. The van der Waals surface area contributed by atoms with Crippen LogP contribution in [0.2, 0.25) is 5.02 Å². The fraction of sp³-hybridized carbons (Fsp3) is 0.290. The summed E-state index contributed by atoms with van der Waals surface area (Å²) in [5.41, 5.74) is 2.54. The van der Waals surface area contributed by atoms with Gasteiger partial charge < -0.3 is 14.6 Å². The van der Waals surface area contributed by atoms with Crippen molar-refractivity contribution in [1.29, 1.82) is 0 Å². The lowest BCUT2D eigenvalue weighted by Gasteiger charge is -2.27. The van der Waals surface area contributed by atoms with E-state index >= 15 is 0 Å². The van der Waals surface area contributed by atoms with E-state index in [1.807, 2.05) is 38.1 Å². The number of hydrogen-bond acceptors (Lipinski definition) is 5. The lowest BCUT2D eigenvalue weighted by molar-refractivity contribution is -0.132. The van der Waals surface area contributed by atoms with E-state index in [1.165, 1.54) is 4.90 Å². The summed E-state index contributed by atoms with van der Waals surface area (Å²) >= 11 is 6.25. The first kappa shape index (κ1) is 27.3. The van der Waals surface area contributed by atoms with E-state index in [4.69, 9.17) is 21.1 Å². The number of ketones is 1. The summed E-state index contributed by atoms with van der Waals surface area (Å²) in [5, 5.41) is 11.8. The van der Waals surface area contributed by atoms with Crippen LogP contribution in [0.25, 0.3) is 5.76 Å². The summed E-state index contributed by atoms with van der Waals surface area (Å²) in [6.45, 7) is 10.9. The summed E-state index contributed by atoms with van der Waals surface area (Å²) in [7, 11) is 0. The number of Topliss-reactive ketones (excluding diaryl/α,β-unsaturated/α-hetero) is 1. The van der Waals surface area contributed by atoms with Crippen molar-refractivity contribution >= 4 is 34.7 Å². The van der Waals surface area contributed by atoms with Crippen LogP contribution in [0.5, 0.6) is 11.5 Å². The van der Waals surface area contributed by atoms with Crippen LogP contribution in [0.3, 0.4) is 0 Å². The number of amides is 1. The van der Waals surface area contributed by atoms with Crippen LogP contribution in [-0.2, 0) is 15.0 Å². The Balaban J connectivity index is 1.92. The van der Waals surface area contributed by atoms with Crippen molar-refractivity contribution in [2.24, 2.45) is 0 Å². The van der Waals surface area contributed by atoms with Gasteiger partial charge in [-0.1, -0.05) is 62.7 Å². The summed E-state index contributed by atoms with van der Waals surface area (Å²) in [5.74, 6) is -0.851. The minimum Gasteiger partial charge on any atom is -0.507 e. The van der Waals surface area contributed by atoms with E-state index in [9.17, 15) is 14.7 Å². The minimum atomic E-state index is -0.855. The van der Waals surface area contributed by atoms with E-state index in [2.05, 4.69) is 20.8 Å². The third-order valence-corrected chi connectivity index (χ3v) is 6.76. The average Bonchev–Trinajstić information content (AvgIpc) is 3.15. The minimum absolute atomic E-state index is 0.00917. The molecule has 1 saturated heterocycles. The predicted molar refractivity (Wildman–Crippen MR) is 150 cm³/mol. The molecule has 1 heterocycles. The van der Waals surface area contributed by atoms with Crippen molar-refractivity contribution in [1.82, 2.24) is 0 Å². The smallest absolute Gasteiger partial charge is 0.300 e. The van der Waals surface area contributed by atoms with E-state index in [-0.39, 0.29) is 16.7 Å². The van der Waals surface area contributed by atoms with Crippen LogP contribution in [-0.4, -0.2) is 30.0 Å². The van der Waals surface area contributed by atoms with Crippen molar-refractivity contribution in [3.63, 3.8) is 0 Å². The summed E-state index contributed by atoms with van der Waals surface area (Å²) in [6.07, 6.45) is 0. The van der Waals surface area contributed by atoms with Crippen LogP contribution < -0.4 is 14.4 Å². The highest BCUT2D eigenvalue weighted by Crippen LogP contribution is 2.43. The fourth-order valence-corrected chi connectivity index (χ4v) is 4.71. The fourth-order valence-electron chi connectivity index (χ4n) is 4.54. The van der Waals surface area contributed by atoms with Crippen molar-refractivity contribution in [2.45, 2.75) is 46.1 Å². The molecule has 1 N–H and O–H groups in total. The number of aliphatic hydroxyl groups excluding tert-OH is 1.